The summed E-state index contributed by atoms with van der Waals surface area (Å²) in [6.45, 7) is 3.05. The lowest BCUT2D eigenvalue weighted by molar-refractivity contribution is 0.0714. The van der Waals surface area contributed by atoms with E-state index in [0.29, 0.717) is 30.2 Å². The first-order chi connectivity index (χ1) is 14.1. The second-order valence-electron chi connectivity index (χ2n) is 7.21. The molecule has 1 unspecified atom stereocenters. The van der Waals surface area contributed by atoms with Crippen molar-refractivity contribution in [3.8, 4) is 11.5 Å². The maximum Gasteiger partial charge on any atom is 0.276 e. The normalized spacial score (nSPS) is 16.1. The number of fused-ring (bicyclic) bond motifs is 1. The molecular formula is C21H19N5O2S. The molecular weight excluding hydrogens is 386 g/mol. The smallest absolute Gasteiger partial charge is 0.276 e. The van der Waals surface area contributed by atoms with Crippen LogP contribution in [0.25, 0.3) is 11.5 Å². The zero-order valence-corrected chi connectivity index (χ0v) is 16.9. The molecule has 4 aromatic rings. The minimum atomic E-state index is -0.143. The lowest BCUT2D eigenvalue weighted by Gasteiger charge is -2.34. The topological polar surface area (TPSA) is 77.1 Å². The van der Waals surface area contributed by atoms with Gasteiger partial charge < -0.3 is 9.42 Å². The highest BCUT2D eigenvalue weighted by molar-refractivity contribution is 7.09. The molecule has 0 radical (unpaired) electrons. The third kappa shape index (κ3) is 3.25. The highest BCUT2D eigenvalue weighted by Crippen LogP contribution is 2.34. The Morgan fingerprint density at radius 2 is 2.17 bits per heavy atom. The molecule has 5 rings (SSSR count). The van der Waals surface area contributed by atoms with Crippen LogP contribution in [0.4, 0.5) is 0 Å². The number of thiazole rings is 1. The molecule has 3 aromatic heterocycles. The average Bonchev–Trinajstić information content (AvgIpc) is 3.47. The second kappa shape index (κ2) is 6.97. The second-order valence-corrected chi connectivity index (χ2v) is 8.27. The molecule has 8 heteroatoms. The highest BCUT2D eigenvalue weighted by atomic mass is 32.1. The molecule has 0 spiro atoms. The minimum absolute atomic E-state index is 0.0742. The fourth-order valence-electron chi connectivity index (χ4n) is 3.80. The van der Waals surface area contributed by atoms with E-state index in [1.807, 2.05) is 48.8 Å². The maximum absolute atomic E-state index is 13.2. The number of aromatic nitrogens is 4. The van der Waals surface area contributed by atoms with E-state index in [4.69, 9.17) is 4.52 Å². The standard InChI is InChI=1S/C21H19N5O2S/c1-13-23-19(12-29-13)20-7-18(24-28-20)21(27)26-10-14-5-3-4-6-16(14)17(11-26)15-8-22-25(2)9-15/h3-9,12,17H,10-11H2,1-2H3. The van der Waals surface area contributed by atoms with Crippen LogP contribution in [-0.2, 0) is 13.6 Å². The summed E-state index contributed by atoms with van der Waals surface area (Å²) in [6, 6.07) is 9.93. The van der Waals surface area contributed by atoms with Gasteiger partial charge in [0.2, 0.25) is 0 Å². The van der Waals surface area contributed by atoms with Crippen molar-refractivity contribution >= 4 is 17.2 Å². The van der Waals surface area contributed by atoms with Gasteiger partial charge in [0.25, 0.3) is 5.91 Å². The van der Waals surface area contributed by atoms with E-state index in [2.05, 4.69) is 27.4 Å². The van der Waals surface area contributed by atoms with Crippen LogP contribution in [0.1, 0.15) is 38.1 Å². The number of hydrogen-bond acceptors (Lipinski definition) is 6. The van der Waals surface area contributed by atoms with E-state index in [-0.39, 0.29) is 11.8 Å². The van der Waals surface area contributed by atoms with Gasteiger partial charge in [0, 0.05) is 43.7 Å². The van der Waals surface area contributed by atoms with Gasteiger partial charge in [-0.25, -0.2) is 4.98 Å². The van der Waals surface area contributed by atoms with Crippen molar-refractivity contribution in [1.29, 1.82) is 0 Å². The molecule has 0 N–H and O–H groups in total. The molecule has 4 heterocycles. The molecule has 0 saturated carbocycles. The van der Waals surface area contributed by atoms with Crippen molar-refractivity contribution in [2.45, 2.75) is 19.4 Å². The van der Waals surface area contributed by atoms with Gasteiger partial charge >= 0.3 is 0 Å². The Hall–Kier alpha value is -3.26. The molecule has 1 amide bonds. The van der Waals surface area contributed by atoms with E-state index in [0.717, 1.165) is 16.1 Å². The van der Waals surface area contributed by atoms with E-state index in [1.165, 1.54) is 16.9 Å². The number of benzene rings is 1. The molecule has 1 aromatic carbocycles. The predicted octanol–water partition coefficient (Wildman–Crippen LogP) is 3.63. The zero-order valence-electron chi connectivity index (χ0n) is 16.1. The highest BCUT2D eigenvalue weighted by Gasteiger charge is 2.31. The van der Waals surface area contributed by atoms with Crippen LogP contribution in [0.5, 0.6) is 0 Å². The fourth-order valence-corrected chi connectivity index (χ4v) is 4.40. The first-order valence-electron chi connectivity index (χ1n) is 9.33. The number of carbonyl (C=O) groups is 1. The summed E-state index contributed by atoms with van der Waals surface area (Å²) in [5, 5.41) is 11.2. The Bertz CT molecular complexity index is 1190. The fraction of sp³-hybridized carbons (Fsp3) is 0.238. The van der Waals surface area contributed by atoms with Crippen molar-refractivity contribution in [2.24, 2.45) is 7.05 Å². The lowest BCUT2D eigenvalue weighted by atomic mass is 9.86. The molecule has 1 aliphatic heterocycles. The Kier molecular flexibility index (Phi) is 4.28. The third-order valence-electron chi connectivity index (χ3n) is 5.21. The van der Waals surface area contributed by atoms with Gasteiger partial charge in [-0.1, -0.05) is 29.4 Å². The van der Waals surface area contributed by atoms with Crippen molar-refractivity contribution in [3.63, 3.8) is 0 Å². The first kappa shape index (κ1) is 17.8. The largest absolute Gasteiger partial charge is 0.354 e. The summed E-state index contributed by atoms with van der Waals surface area (Å²) in [6.07, 6.45) is 3.88. The molecule has 146 valence electrons. The Labute approximate surface area is 171 Å². The van der Waals surface area contributed by atoms with Crippen LogP contribution in [0.3, 0.4) is 0 Å². The first-order valence-corrected chi connectivity index (χ1v) is 10.2. The summed E-state index contributed by atoms with van der Waals surface area (Å²) in [5.74, 6) is 0.444. The molecule has 29 heavy (non-hydrogen) atoms. The van der Waals surface area contributed by atoms with Crippen molar-refractivity contribution in [1.82, 2.24) is 24.8 Å². The lowest BCUT2D eigenvalue weighted by Crippen LogP contribution is -2.38. The predicted molar refractivity (Wildman–Crippen MR) is 109 cm³/mol. The van der Waals surface area contributed by atoms with Crippen LogP contribution < -0.4 is 0 Å². The average molecular weight is 405 g/mol. The third-order valence-corrected chi connectivity index (χ3v) is 5.98. The molecule has 0 bridgehead atoms. The Morgan fingerprint density at radius 3 is 2.93 bits per heavy atom. The quantitative estimate of drug-likeness (QED) is 0.520. The van der Waals surface area contributed by atoms with Gasteiger partial charge in [-0.15, -0.1) is 11.3 Å². The summed E-state index contributed by atoms with van der Waals surface area (Å²) >= 11 is 1.53. The van der Waals surface area contributed by atoms with Gasteiger partial charge in [-0.05, 0) is 23.6 Å². The molecule has 7 nitrogen and oxygen atoms in total. The monoisotopic (exact) mass is 405 g/mol. The van der Waals surface area contributed by atoms with Crippen molar-refractivity contribution in [2.75, 3.05) is 6.54 Å². The Morgan fingerprint density at radius 1 is 1.31 bits per heavy atom. The summed E-state index contributed by atoms with van der Waals surface area (Å²) < 4.78 is 7.18. The number of aryl methyl sites for hydroxylation is 2. The van der Waals surface area contributed by atoms with Gasteiger partial charge in [0.15, 0.2) is 11.5 Å². The summed E-state index contributed by atoms with van der Waals surface area (Å²) in [4.78, 5) is 19.4. The zero-order chi connectivity index (χ0) is 20.0. The number of hydrogen-bond donors (Lipinski definition) is 0. The Balaban J connectivity index is 1.45. The van der Waals surface area contributed by atoms with E-state index < -0.39 is 0 Å². The van der Waals surface area contributed by atoms with Crippen LogP contribution >= 0.6 is 11.3 Å². The van der Waals surface area contributed by atoms with E-state index >= 15 is 0 Å². The van der Waals surface area contributed by atoms with E-state index in [9.17, 15) is 4.79 Å². The number of nitrogens with zero attached hydrogens (tertiary/aromatic N) is 5. The van der Waals surface area contributed by atoms with Crippen LogP contribution in [-0.4, -0.2) is 37.3 Å². The number of rotatable bonds is 3. The van der Waals surface area contributed by atoms with Gasteiger partial charge in [0.05, 0.1) is 11.2 Å². The van der Waals surface area contributed by atoms with Gasteiger partial charge in [-0.2, -0.15) is 5.10 Å². The number of amides is 1. The van der Waals surface area contributed by atoms with E-state index in [1.54, 1.807) is 10.7 Å². The molecule has 0 fully saturated rings. The SMILES string of the molecule is Cc1nc(-c2cc(C(=O)N3Cc4ccccc4C(c4cnn(C)c4)C3)no2)cs1. The van der Waals surface area contributed by atoms with Gasteiger partial charge in [-0.3, -0.25) is 9.48 Å². The molecule has 1 aliphatic rings. The summed E-state index contributed by atoms with van der Waals surface area (Å²) in [5.41, 5.74) is 4.48. The van der Waals surface area contributed by atoms with Crippen molar-refractivity contribution < 1.29 is 9.32 Å². The van der Waals surface area contributed by atoms with Crippen LogP contribution in [0, 0.1) is 6.92 Å². The molecule has 1 atom stereocenters. The number of carbonyl (C=O) groups excluding carboxylic acids is 1. The minimum Gasteiger partial charge on any atom is -0.354 e. The van der Waals surface area contributed by atoms with Crippen LogP contribution in [0.2, 0.25) is 0 Å². The van der Waals surface area contributed by atoms with Crippen molar-refractivity contribution in [3.05, 3.63) is 75.5 Å². The molecule has 0 aliphatic carbocycles. The maximum atomic E-state index is 13.2. The van der Waals surface area contributed by atoms with Gasteiger partial charge in [0.1, 0.15) is 5.69 Å². The summed E-state index contributed by atoms with van der Waals surface area (Å²) in [7, 11) is 1.90. The molecule has 0 saturated heterocycles. The van der Waals surface area contributed by atoms with Crippen LogP contribution in [0.15, 0.2) is 52.6 Å².